The maximum Gasteiger partial charge on any atom is 0.264 e. The molecule has 2 fully saturated rings. The number of benzene rings is 1. The van der Waals surface area contributed by atoms with E-state index in [1.807, 2.05) is 23.1 Å². The Bertz CT molecular complexity index is 512. The zero-order valence-electron chi connectivity index (χ0n) is 11.6. The van der Waals surface area contributed by atoms with Crippen LogP contribution in [-0.2, 0) is 11.2 Å². The number of hydrogen-bond acceptors (Lipinski definition) is 3. The van der Waals surface area contributed by atoms with Crippen molar-refractivity contribution in [2.75, 3.05) is 26.2 Å². The van der Waals surface area contributed by atoms with E-state index in [1.165, 1.54) is 6.42 Å². The largest absolute Gasteiger partial charge is 0.480 e. The summed E-state index contributed by atoms with van der Waals surface area (Å²) < 4.78 is 5.83. The van der Waals surface area contributed by atoms with Crippen LogP contribution in [0.1, 0.15) is 18.4 Å². The Morgan fingerprint density at radius 1 is 1.35 bits per heavy atom. The van der Waals surface area contributed by atoms with E-state index in [0.717, 1.165) is 50.3 Å². The molecular formula is C16H20N2O2. The number of rotatable bonds is 1. The number of amides is 1. The first-order valence-corrected chi connectivity index (χ1v) is 7.50. The van der Waals surface area contributed by atoms with Gasteiger partial charge in [-0.25, -0.2) is 0 Å². The Balaban J connectivity index is 1.45. The van der Waals surface area contributed by atoms with Gasteiger partial charge in [0.05, 0.1) is 0 Å². The van der Waals surface area contributed by atoms with Crippen LogP contribution in [0, 0.1) is 5.41 Å². The molecule has 2 saturated heterocycles. The van der Waals surface area contributed by atoms with Gasteiger partial charge in [0.25, 0.3) is 5.91 Å². The van der Waals surface area contributed by atoms with Crippen LogP contribution in [0.15, 0.2) is 24.3 Å². The lowest BCUT2D eigenvalue weighted by atomic mass is 9.86. The van der Waals surface area contributed by atoms with Gasteiger partial charge in [-0.1, -0.05) is 18.2 Å². The molecule has 3 aliphatic heterocycles. The van der Waals surface area contributed by atoms with Crippen molar-refractivity contribution in [2.45, 2.75) is 25.4 Å². The summed E-state index contributed by atoms with van der Waals surface area (Å²) in [5, 5.41) is 3.43. The fraction of sp³-hybridized carbons (Fsp3) is 0.562. The molecule has 0 aromatic heterocycles. The number of likely N-dealkylation sites (tertiary alicyclic amines) is 1. The quantitative estimate of drug-likeness (QED) is 0.835. The molecule has 1 aromatic carbocycles. The monoisotopic (exact) mass is 272 g/mol. The molecule has 2 atom stereocenters. The fourth-order valence-electron chi connectivity index (χ4n) is 3.79. The Kier molecular flexibility index (Phi) is 2.74. The minimum atomic E-state index is -0.308. The summed E-state index contributed by atoms with van der Waals surface area (Å²) in [6, 6.07) is 7.97. The van der Waals surface area contributed by atoms with E-state index in [-0.39, 0.29) is 12.0 Å². The normalized spacial score (nSPS) is 31.6. The molecule has 2 unspecified atom stereocenters. The average Bonchev–Trinajstić information content (AvgIpc) is 3.19. The molecule has 4 heteroatoms. The molecule has 4 rings (SSSR count). The highest BCUT2D eigenvalue weighted by atomic mass is 16.5. The Labute approximate surface area is 119 Å². The summed E-state index contributed by atoms with van der Waals surface area (Å²) in [6.45, 7) is 3.93. The van der Waals surface area contributed by atoms with Gasteiger partial charge in [-0.3, -0.25) is 4.79 Å². The number of carbonyl (C=O) groups excluding carboxylic acids is 1. The smallest absolute Gasteiger partial charge is 0.264 e. The van der Waals surface area contributed by atoms with Crippen LogP contribution in [-0.4, -0.2) is 43.1 Å². The molecule has 3 heterocycles. The van der Waals surface area contributed by atoms with E-state index in [1.54, 1.807) is 0 Å². The van der Waals surface area contributed by atoms with Crippen LogP contribution in [0.25, 0.3) is 0 Å². The van der Waals surface area contributed by atoms with Crippen molar-refractivity contribution in [3.8, 4) is 5.75 Å². The molecule has 1 spiro atoms. The SMILES string of the molecule is O=C(C1Cc2ccccc2O1)N1CCC2(CCNC2)C1. The highest BCUT2D eigenvalue weighted by Gasteiger charge is 2.44. The Morgan fingerprint density at radius 2 is 2.25 bits per heavy atom. The van der Waals surface area contributed by atoms with Crippen molar-refractivity contribution in [3.05, 3.63) is 29.8 Å². The first-order valence-electron chi connectivity index (χ1n) is 7.50. The van der Waals surface area contributed by atoms with Crippen LogP contribution in [0.3, 0.4) is 0 Å². The van der Waals surface area contributed by atoms with E-state index in [4.69, 9.17) is 4.74 Å². The Morgan fingerprint density at radius 3 is 3.05 bits per heavy atom. The standard InChI is InChI=1S/C16H20N2O2/c19-15(14-9-12-3-1-2-4-13(12)20-14)18-8-6-16(11-18)5-7-17-10-16/h1-4,14,17H,5-11H2. The fourth-order valence-corrected chi connectivity index (χ4v) is 3.79. The number of fused-ring (bicyclic) bond motifs is 1. The zero-order valence-corrected chi connectivity index (χ0v) is 11.6. The van der Waals surface area contributed by atoms with Crippen LogP contribution >= 0.6 is 0 Å². The molecule has 3 aliphatic rings. The molecule has 0 saturated carbocycles. The van der Waals surface area contributed by atoms with E-state index in [0.29, 0.717) is 5.41 Å². The second-order valence-electron chi connectivity index (χ2n) is 6.35. The third-order valence-corrected chi connectivity index (χ3v) is 5.00. The van der Waals surface area contributed by atoms with Crippen LogP contribution in [0.5, 0.6) is 5.75 Å². The van der Waals surface area contributed by atoms with Gasteiger partial charge in [-0.05, 0) is 31.0 Å². The van der Waals surface area contributed by atoms with Crippen LogP contribution in [0.2, 0.25) is 0 Å². The molecule has 1 amide bonds. The number of nitrogens with zero attached hydrogens (tertiary/aromatic N) is 1. The number of carbonyl (C=O) groups is 1. The van der Waals surface area contributed by atoms with Crippen molar-refractivity contribution in [1.82, 2.24) is 10.2 Å². The maximum absolute atomic E-state index is 12.6. The van der Waals surface area contributed by atoms with E-state index < -0.39 is 0 Å². The predicted octanol–water partition coefficient (Wildman–Crippen LogP) is 1.20. The molecule has 1 aromatic rings. The summed E-state index contributed by atoms with van der Waals surface area (Å²) in [4.78, 5) is 14.7. The first-order chi connectivity index (χ1) is 9.76. The molecule has 20 heavy (non-hydrogen) atoms. The van der Waals surface area contributed by atoms with E-state index in [9.17, 15) is 4.79 Å². The third kappa shape index (κ3) is 1.90. The van der Waals surface area contributed by atoms with E-state index in [2.05, 4.69) is 11.4 Å². The Hall–Kier alpha value is -1.55. The van der Waals surface area contributed by atoms with Gasteiger partial charge >= 0.3 is 0 Å². The van der Waals surface area contributed by atoms with Gasteiger partial charge in [0.1, 0.15) is 5.75 Å². The number of nitrogens with one attached hydrogen (secondary N) is 1. The number of para-hydroxylation sites is 1. The van der Waals surface area contributed by atoms with Gasteiger partial charge in [-0.15, -0.1) is 0 Å². The van der Waals surface area contributed by atoms with Crippen molar-refractivity contribution in [3.63, 3.8) is 0 Å². The molecule has 0 aliphatic carbocycles. The lowest BCUT2D eigenvalue weighted by Crippen LogP contribution is -2.41. The zero-order chi connectivity index (χ0) is 13.6. The lowest BCUT2D eigenvalue weighted by Gasteiger charge is -2.24. The van der Waals surface area contributed by atoms with Gasteiger partial charge in [-0.2, -0.15) is 0 Å². The van der Waals surface area contributed by atoms with Crippen molar-refractivity contribution in [1.29, 1.82) is 0 Å². The van der Waals surface area contributed by atoms with Gasteiger partial charge < -0.3 is 15.0 Å². The van der Waals surface area contributed by atoms with Gasteiger partial charge in [0, 0.05) is 31.5 Å². The summed E-state index contributed by atoms with van der Waals surface area (Å²) in [5.41, 5.74) is 1.49. The lowest BCUT2D eigenvalue weighted by molar-refractivity contribution is -0.137. The minimum absolute atomic E-state index is 0.171. The van der Waals surface area contributed by atoms with Crippen molar-refractivity contribution < 1.29 is 9.53 Å². The molecule has 4 nitrogen and oxygen atoms in total. The minimum Gasteiger partial charge on any atom is -0.480 e. The molecular weight excluding hydrogens is 252 g/mol. The van der Waals surface area contributed by atoms with E-state index >= 15 is 0 Å². The molecule has 0 radical (unpaired) electrons. The average molecular weight is 272 g/mol. The summed E-state index contributed by atoms with van der Waals surface area (Å²) >= 11 is 0. The molecule has 106 valence electrons. The highest BCUT2D eigenvalue weighted by molar-refractivity contribution is 5.83. The van der Waals surface area contributed by atoms with Crippen LogP contribution in [0.4, 0.5) is 0 Å². The third-order valence-electron chi connectivity index (χ3n) is 5.00. The maximum atomic E-state index is 12.6. The van der Waals surface area contributed by atoms with Gasteiger partial charge in [0.15, 0.2) is 6.10 Å². The summed E-state index contributed by atoms with van der Waals surface area (Å²) in [7, 11) is 0. The predicted molar refractivity (Wildman–Crippen MR) is 75.7 cm³/mol. The van der Waals surface area contributed by atoms with Crippen molar-refractivity contribution >= 4 is 5.91 Å². The van der Waals surface area contributed by atoms with Crippen molar-refractivity contribution in [2.24, 2.45) is 5.41 Å². The highest BCUT2D eigenvalue weighted by Crippen LogP contribution is 2.37. The second kappa shape index (κ2) is 4.48. The molecule has 0 bridgehead atoms. The van der Waals surface area contributed by atoms with Crippen LogP contribution < -0.4 is 10.1 Å². The second-order valence-corrected chi connectivity index (χ2v) is 6.35. The summed E-state index contributed by atoms with van der Waals surface area (Å²) in [5.74, 6) is 1.05. The summed E-state index contributed by atoms with van der Waals surface area (Å²) in [6.07, 6.45) is 2.74. The number of ether oxygens (including phenoxy) is 1. The topological polar surface area (TPSA) is 41.6 Å². The molecule has 1 N–H and O–H groups in total. The first kappa shape index (κ1) is 12.2. The number of hydrogen-bond donors (Lipinski definition) is 1. The van der Waals surface area contributed by atoms with Gasteiger partial charge in [0.2, 0.25) is 0 Å².